The third-order valence-electron chi connectivity index (χ3n) is 5.43. The summed E-state index contributed by atoms with van der Waals surface area (Å²) in [5, 5.41) is 5.44. The molecule has 0 radical (unpaired) electrons. The van der Waals surface area contributed by atoms with Crippen LogP contribution in [0, 0.1) is 0 Å². The fourth-order valence-corrected chi connectivity index (χ4v) is 3.76. The first-order chi connectivity index (χ1) is 14.0. The summed E-state index contributed by atoms with van der Waals surface area (Å²) in [5.41, 5.74) is 3.90. The van der Waals surface area contributed by atoms with E-state index in [9.17, 15) is 14.4 Å². The zero-order valence-corrected chi connectivity index (χ0v) is 16.9. The molecule has 3 amide bonds. The van der Waals surface area contributed by atoms with Crippen LogP contribution < -0.4 is 10.6 Å². The smallest absolute Gasteiger partial charge is 0.313 e. The lowest BCUT2D eigenvalue weighted by Crippen LogP contribution is -2.37. The highest BCUT2D eigenvalue weighted by atomic mass is 16.2. The average Bonchev–Trinajstić information content (AvgIpc) is 3.14. The SMILES string of the molecule is CCN(Cc1ccccc1NC(=O)C(=O)NCC1CCc2ccccc21)C(C)=O. The molecule has 0 heterocycles. The molecule has 0 saturated carbocycles. The first-order valence-corrected chi connectivity index (χ1v) is 10.00. The Hall–Kier alpha value is -3.15. The normalized spacial score (nSPS) is 14.8. The largest absolute Gasteiger partial charge is 0.347 e. The van der Waals surface area contributed by atoms with Gasteiger partial charge in [-0.2, -0.15) is 0 Å². The van der Waals surface area contributed by atoms with Gasteiger partial charge < -0.3 is 15.5 Å². The van der Waals surface area contributed by atoms with E-state index in [0.717, 1.165) is 18.4 Å². The quantitative estimate of drug-likeness (QED) is 0.741. The van der Waals surface area contributed by atoms with Crippen LogP contribution in [0.4, 0.5) is 5.69 Å². The van der Waals surface area contributed by atoms with Gasteiger partial charge in [0.2, 0.25) is 5.91 Å². The number of hydrogen-bond acceptors (Lipinski definition) is 3. The molecule has 6 heteroatoms. The second-order valence-corrected chi connectivity index (χ2v) is 7.29. The number of hydrogen-bond donors (Lipinski definition) is 2. The number of rotatable bonds is 6. The zero-order valence-electron chi connectivity index (χ0n) is 16.9. The Morgan fingerprint density at radius 2 is 1.76 bits per heavy atom. The molecule has 3 rings (SSSR count). The van der Waals surface area contributed by atoms with Crippen molar-refractivity contribution in [3.05, 3.63) is 65.2 Å². The number of fused-ring (bicyclic) bond motifs is 1. The number of nitrogens with zero attached hydrogens (tertiary/aromatic N) is 1. The lowest BCUT2D eigenvalue weighted by atomic mass is 10.0. The van der Waals surface area contributed by atoms with Crippen molar-refractivity contribution in [3.63, 3.8) is 0 Å². The van der Waals surface area contributed by atoms with Gasteiger partial charge in [-0.25, -0.2) is 0 Å². The predicted octanol–water partition coefficient (Wildman–Crippen LogP) is 2.84. The van der Waals surface area contributed by atoms with E-state index < -0.39 is 11.8 Å². The lowest BCUT2D eigenvalue weighted by molar-refractivity contribution is -0.136. The van der Waals surface area contributed by atoms with Crippen LogP contribution in [0.5, 0.6) is 0 Å². The molecule has 152 valence electrons. The number of carbonyl (C=O) groups is 3. The molecule has 2 aromatic rings. The molecular formula is C23H27N3O3. The molecule has 1 unspecified atom stereocenters. The summed E-state index contributed by atoms with van der Waals surface area (Å²) in [5.74, 6) is -1.15. The zero-order chi connectivity index (χ0) is 20.8. The minimum absolute atomic E-state index is 0.0387. The van der Waals surface area contributed by atoms with Crippen molar-refractivity contribution in [2.75, 3.05) is 18.4 Å². The predicted molar refractivity (Wildman–Crippen MR) is 112 cm³/mol. The van der Waals surface area contributed by atoms with E-state index in [1.807, 2.05) is 31.2 Å². The minimum Gasteiger partial charge on any atom is -0.347 e. The molecule has 29 heavy (non-hydrogen) atoms. The van der Waals surface area contributed by atoms with Crippen LogP contribution in [0.15, 0.2) is 48.5 Å². The number of para-hydroxylation sites is 1. The van der Waals surface area contributed by atoms with Crippen molar-refractivity contribution in [3.8, 4) is 0 Å². The molecule has 0 bridgehead atoms. The molecule has 0 fully saturated rings. The monoisotopic (exact) mass is 393 g/mol. The van der Waals surface area contributed by atoms with E-state index in [2.05, 4.69) is 22.8 Å². The summed E-state index contributed by atoms with van der Waals surface area (Å²) in [4.78, 5) is 38.1. The van der Waals surface area contributed by atoms with Crippen LogP contribution in [-0.4, -0.2) is 35.7 Å². The van der Waals surface area contributed by atoms with Crippen molar-refractivity contribution in [1.29, 1.82) is 0 Å². The Bertz CT molecular complexity index is 910. The Balaban J connectivity index is 1.59. The maximum atomic E-state index is 12.4. The van der Waals surface area contributed by atoms with E-state index in [4.69, 9.17) is 0 Å². The molecule has 0 aliphatic heterocycles. The maximum Gasteiger partial charge on any atom is 0.313 e. The van der Waals surface area contributed by atoms with E-state index in [1.165, 1.54) is 18.1 Å². The molecule has 1 atom stereocenters. The molecule has 2 N–H and O–H groups in total. The Kier molecular flexibility index (Phi) is 6.65. The molecule has 0 saturated heterocycles. The summed E-state index contributed by atoms with van der Waals surface area (Å²) in [6, 6.07) is 15.4. The van der Waals surface area contributed by atoms with Crippen LogP contribution >= 0.6 is 0 Å². The average molecular weight is 393 g/mol. The summed E-state index contributed by atoms with van der Waals surface area (Å²) < 4.78 is 0. The van der Waals surface area contributed by atoms with Gasteiger partial charge in [-0.15, -0.1) is 0 Å². The van der Waals surface area contributed by atoms with Gasteiger partial charge >= 0.3 is 11.8 Å². The highest BCUT2D eigenvalue weighted by Crippen LogP contribution is 2.32. The van der Waals surface area contributed by atoms with Gasteiger partial charge in [-0.3, -0.25) is 14.4 Å². The van der Waals surface area contributed by atoms with Gasteiger partial charge in [-0.05, 0) is 42.5 Å². The number of carbonyl (C=O) groups excluding carboxylic acids is 3. The standard InChI is InChI=1S/C23H27N3O3/c1-3-26(16(2)27)15-19-9-5-7-11-21(19)25-23(29)22(28)24-14-18-13-12-17-8-4-6-10-20(17)18/h4-11,18H,3,12-15H2,1-2H3,(H,24,28)(H,25,29). The molecule has 0 aromatic heterocycles. The summed E-state index contributed by atoms with van der Waals surface area (Å²) >= 11 is 0. The molecular weight excluding hydrogens is 366 g/mol. The first kappa shape index (κ1) is 20.6. The van der Waals surface area contributed by atoms with E-state index in [1.54, 1.807) is 17.0 Å². The number of nitrogens with one attached hydrogen (secondary N) is 2. The van der Waals surface area contributed by atoms with Crippen LogP contribution in [0.2, 0.25) is 0 Å². The minimum atomic E-state index is -0.699. The van der Waals surface area contributed by atoms with Crippen LogP contribution in [0.3, 0.4) is 0 Å². The van der Waals surface area contributed by atoms with Gasteiger partial charge in [-0.1, -0.05) is 42.5 Å². The van der Waals surface area contributed by atoms with Crippen molar-refractivity contribution in [2.45, 2.75) is 39.2 Å². The van der Waals surface area contributed by atoms with E-state index in [-0.39, 0.29) is 11.8 Å². The second-order valence-electron chi connectivity index (χ2n) is 7.29. The first-order valence-electron chi connectivity index (χ1n) is 10.00. The van der Waals surface area contributed by atoms with E-state index >= 15 is 0 Å². The molecule has 1 aliphatic rings. The van der Waals surface area contributed by atoms with Crippen molar-refractivity contribution < 1.29 is 14.4 Å². The molecule has 2 aromatic carbocycles. The maximum absolute atomic E-state index is 12.4. The number of aryl methyl sites for hydroxylation is 1. The van der Waals surface area contributed by atoms with Gasteiger partial charge in [0.25, 0.3) is 0 Å². The summed E-state index contributed by atoms with van der Waals surface area (Å²) in [7, 11) is 0. The highest BCUT2D eigenvalue weighted by molar-refractivity contribution is 6.39. The van der Waals surface area contributed by atoms with Gasteiger partial charge in [0.1, 0.15) is 0 Å². The fraction of sp³-hybridized carbons (Fsp3) is 0.348. The third kappa shape index (κ3) is 5.02. The van der Waals surface area contributed by atoms with Crippen molar-refractivity contribution in [2.24, 2.45) is 0 Å². The molecule has 1 aliphatic carbocycles. The highest BCUT2D eigenvalue weighted by Gasteiger charge is 2.24. The number of benzene rings is 2. The van der Waals surface area contributed by atoms with Crippen LogP contribution in [-0.2, 0) is 27.3 Å². The van der Waals surface area contributed by atoms with Gasteiger partial charge in [0.05, 0.1) is 0 Å². The Labute approximate surface area is 171 Å². The lowest BCUT2D eigenvalue weighted by Gasteiger charge is -2.21. The second kappa shape index (κ2) is 9.37. The Morgan fingerprint density at radius 1 is 1.03 bits per heavy atom. The van der Waals surface area contributed by atoms with Crippen molar-refractivity contribution >= 4 is 23.4 Å². The van der Waals surface area contributed by atoms with Crippen LogP contribution in [0.1, 0.15) is 42.9 Å². The van der Waals surface area contributed by atoms with Crippen LogP contribution in [0.25, 0.3) is 0 Å². The topological polar surface area (TPSA) is 78.5 Å². The summed E-state index contributed by atoms with van der Waals surface area (Å²) in [6.45, 7) is 4.80. The van der Waals surface area contributed by atoms with Gasteiger partial charge in [0, 0.05) is 38.2 Å². The fourth-order valence-electron chi connectivity index (χ4n) is 3.76. The van der Waals surface area contributed by atoms with Gasteiger partial charge in [0.15, 0.2) is 0 Å². The number of anilines is 1. The molecule has 6 nitrogen and oxygen atoms in total. The molecule has 0 spiro atoms. The Morgan fingerprint density at radius 3 is 2.52 bits per heavy atom. The summed E-state index contributed by atoms with van der Waals surface area (Å²) in [6.07, 6.45) is 1.97. The van der Waals surface area contributed by atoms with E-state index in [0.29, 0.717) is 25.3 Å². The number of amides is 3. The van der Waals surface area contributed by atoms with Crippen molar-refractivity contribution in [1.82, 2.24) is 10.2 Å². The third-order valence-corrected chi connectivity index (χ3v) is 5.43.